The number of rotatable bonds is 16. The number of nitrogens with zero attached hydrogens (tertiary/aromatic N) is 1. The Kier molecular flexibility index (Phi) is 15.4. The number of hydrogen-bond donors (Lipinski definition) is 7. The molecule has 1 heterocycles. The summed E-state index contributed by atoms with van der Waals surface area (Å²) in [7, 11) is 0. The molecular weight excluding hydrogens is 600 g/mol. The van der Waals surface area contributed by atoms with Crippen molar-refractivity contribution < 1.29 is 43.8 Å². The molecule has 0 aromatic carbocycles. The summed E-state index contributed by atoms with van der Waals surface area (Å²) in [6.45, 7) is 15.2. The average molecular weight is 655 g/mol. The van der Waals surface area contributed by atoms with Gasteiger partial charge in [-0.2, -0.15) is 0 Å². The first-order valence-electron chi connectivity index (χ1n) is 15.9. The first kappa shape index (κ1) is 40.1. The monoisotopic (exact) mass is 654 g/mol. The molecule has 46 heavy (non-hydrogen) atoms. The number of carbonyl (C=O) groups excluding carboxylic acids is 5. The molecule has 0 aliphatic carbocycles. The number of likely N-dealkylation sites (tertiary alicyclic amines) is 1. The summed E-state index contributed by atoms with van der Waals surface area (Å²) >= 11 is 0. The van der Waals surface area contributed by atoms with E-state index in [-0.39, 0.29) is 12.5 Å². The van der Waals surface area contributed by atoms with E-state index in [1.54, 1.807) is 46.4 Å². The number of carboxylic acid groups (broad SMARTS) is 2. The van der Waals surface area contributed by atoms with E-state index in [2.05, 4.69) is 26.6 Å². The van der Waals surface area contributed by atoms with Gasteiger partial charge < -0.3 is 41.7 Å². The minimum absolute atomic E-state index is 0.0247. The summed E-state index contributed by atoms with van der Waals surface area (Å²) in [5.74, 6) is -6.04. The van der Waals surface area contributed by atoms with Gasteiger partial charge in [-0.15, -0.1) is 0 Å². The molecule has 0 bridgehead atoms. The van der Waals surface area contributed by atoms with Crippen molar-refractivity contribution in [2.75, 3.05) is 13.1 Å². The molecule has 6 amide bonds. The zero-order valence-electron chi connectivity index (χ0n) is 28.5. The van der Waals surface area contributed by atoms with Crippen molar-refractivity contribution in [1.29, 1.82) is 0 Å². The molecule has 1 fully saturated rings. The Morgan fingerprint density at radius 3 is 1.59 bits per heavy atom. The van der Waals surface area contributed by atoms with Crippen molar-refractivity contribution in [3.05, 3.63) is 0 Å². The van der Waals surface area contributed by atoms with E-state index in [1.165, 1.54) is 0 Å². The lowest BCUT2D eigenvalue weighted by Crippen LogP contribution is -2.61. The molecule has 15 heteroatoms. The van der Waals surface area contributed by atoms with E-state index in [0.29, 0.717) is 25.9 Å². The fourth-order valence-electron chi connectivity index (χ4n) is 5.00. The van der Waals surface area contributed by atoms with Crippen molar-refractivity contribution in [3.8, 4) is 0 Å². The summed E-state index contributed by atoms with van der Waals surface area (Å²) in [4.78, 5) is 91.2. The van der Waals surface area contributed by atoms with Gasteiger partial charge >= 0.3 is 18.0 Å². The molecular formula is C31H54N6O9. The minimum Gasteiger partial charge on any atom is -0.481 e. The van der Waals surface area contributed by atoms with Crippen LogP contribution in [0.1, 0.15) is 100 Å². The zero-order valence-corrected chi connectivity index (χ0v) is 28.5. The third-order valence-corrected chi connectivity index (χ3v) is 7.64. The largest absolute Gasteiger partial charge is 0.481 e. The molecule has 1 aliphatic heterocycles. The van der Waals surface area contributed by atoms with Gasteiger partial charge in [-0.3, -0.25) is 24.0 Å². The van der Waals surface area contributed by atoms with Crippen LogP contribution in [0.3, 0.4) is 0 Å². The highest BCUT2D eigenvalue weighted by Gasteiger charge is 2.38. The van der Waals surface area contributed by atoms with E-state index >= 15 is 0 Å². The van der Waals surface area contributed by atoms with Crippen molar-refractivity contribution in [2.24, 2.45) is 10.8 Å². The number of nitrogens with one attached hydrogen (secondary N) is 5. The standard InChI is InChI=1S/C31H54N6O9/c1-9-18(10-2)32-29(46)36-24(31(6,7)8)27(43)34-19(15-22(38)37-13-11-12-14-37)25(41)33-20(16-23(39)40)26(42)35-21(28(44)45)17-30(3,4)5/h18-21,24H,9-17H2,1-8H3,(H,33,41)(H,34,43)(H,35,42)(H,39,40)(H,44,45)(H2,32,36,46)/t19-,20-,21-,24+/m0/s1. The molecule has 1 aliphatic rings. The van der Waals surface area contributed by atoms with Crippen LogP contribution >= 0.6 is 0 Å². The number of amides is 6. The van der Waals surface area contributed by atoms with Crippen molar-refractivity contribution in [2.45, 2.75) is 131 Å². The highest BCUT2D eigenvalue weighted by atomic mass is 16.4. The fourth-order valence-corrected chi connectivity index (χ4v) is 5.00. The maximum absolute atomic E-state index is 13.6. The lowest BCUT2D eigenvalue weighted by molar-refractivity contribution is -0.144. The number of carboxylic acids is 2. The molecule has 0 aromatic heterocycles. The fraction of sp³-hybridized carbons (Fsp3) is 0.774. The average Bonchev–Trinajstić information content (AvgIpc) is 3.47. The maximum Gasteiger partial charge on any atom is 0.326 e. The summed E-state index contributed by atoms with van der Waals surface area (Å²) in [5.41, 5.74) is -1.34. The molecule has 15 nitrogen and oxygen atoms in total. The van der Waals surface area contributed by atoms with Gasteiger partial charge in [0.05, 0.1) is 12.8 Å². The second-order valence-electron chi connectivity index (χ2n) is 14.1. The van der Waals surface area contributed by atoms with Gasteiger partial charge in [-0.1, -0.05) is 55.4 Å². The Morgan fingerprint density at radius 2 is 1.15 bits per heavy atom. The summed E-state index contributed by atoms with van der Waals surface area (Å²) < 4.78 is 0. The first-order valence-corrected chi connectivity index (χ1v) is 15.9. The molecule has 0 saturated carbocycles. The van der Waals surface area contributed by atoms with Gasteiger partial charge in [-0.25, -0.2) is 9.59 Å². The third kappa shape index (κ3) is 14.0. The number of carbonyl (C=O) groups is 7. The van der Waals surface area contributed by atoms with Gasteiger partial charge in [0.2, 0.25) is 23.6 Å². The number of urea groups is 1. The van der Waals surface area contributed by atoms with E-state index in [0.717, 1.165) is 12.8 Å². The normalized spacial score (nSPS) is 16.1. The Bertz CT molecular complexity index is 1100. The van der Waals surface area contributed by atoms with E-state index < -0.39 is 89.4 Å². The quantitative estimate of drug-likeness (QED) is 0.127. The topological polar surface area (TPSA) is 223 Å². The molecule has 1 saturated heterocycles. The lowest BCUT2D eigenvalue weighted by Gasteiger charge is -2.32. The lowest BCUT2D eigenvalue weighted by atomic mass is 9.86. The minimum atomic E-state index is -1.71. The van der Waals surface area contributed by atoms with Gasteiger partial charge in [-0.05, 0) is 42.9 Å². The molecule has 0 unspecified atom stereocenters. The van der Waals surface area contributed by atoms with Gasteiger partial charge in [0.25, 0.3) is 0 Å². The highest BCUT2D eigenvalue weighted by Crippen LogP contribution is 2.22. The summed E-state index contributed by atoms with van der Waals surface area (Å²) in [5, 5.41) is 31.7. The summed E-state index contributed by atoms with van der Waals surface area (Å²) in [6, 6.07) is -6.47. The Balaban J connectivity index is 3.31. The smallest absolute Gasteiger partial charge is 0.326 e. The molecule has 1 rings (SSSR count). The van der Waals surface area contributed by atoms with Gasteiger partial charge in [0.15, 0.2) is 0 Å². The number of hydrogen-bond acceptors (Lipinski definition) is 7. The van der Waals surface area contributed by atoms with E-state index in [9.17, 15) is 43.8 Å². The zero-order chi connectivity index (χ0) is 35.4. The molecule has 0 radical (unpaired) electrons. The number of aliphatic carboxylic acids is 2. The summed E-state index contributed by atoms with van der Waals surface area (Å²) in [6.07, 6.45) is 1.54. The molecule has 7 N–H and O–H groups in total. The van der Waals surface area contributed by atoms with Gasteiger partial charge in [0, 0.05) is 19.1 Å². The Morgan fingerprint density at radius 1 is 0.674 bits per heavy atom. The predicted molar refractivity (Wildman–Crippen MR) is 169 cm³/mol. The van der Waals surface area contributed by atoms with Crippen LogP contribution in [-0.4, -0.2) is 100 Å². The highest BCUT2D eigenvalue weighted by molar-refractivity contribution is 5.98. The van der Waals surface area contributed by atoms with Crippen LogP contribution < -0.4 is 26.6 Å². The SMILES string of the molecule is CCC(CC)NC(=O)N[C@H](C(=O)N[C@@H](CC(=O)N1CCCC1)C(=O)N[C@@H](CC(=O)O)C(=O)N[C@@H](CC(C)(C)C)C(=O)O)C(C)(C)C. The first-order chi connectivity index (χ1) is 21.2. The van der Waals surface area contributed by atoms with E-state index in [1.807, 2.05) is 13.8 Å². The van der Waals surface area contributed by atoms with Crippen LogP contribution in [0.4, 0.5) is 4.79 Å². The molecule has 4 atom stereocenters. The van der Waals surface area contributed by atoms with Crippen LogP contribution in [0.5, 0.6) is 0 Å². The Hall–Kier alpha value is -3.91. The van der Waals surface area contributed by atoms with Crippen molar-refractivity contribution >= 4 is 41.6 Å². The third-order valence-electron chi connectivity index (χ3n) is 7.64. The second kappa shape index (κ2) is 17.7. The molecule has 0 aromatic rings. The van der Waals surface area contributed by atoms with Gasteiger partial charge in [0.1, 0.15) is 24.2 Å². The molecule has 262 valence electrons. The van der Waals surface area contributed by atoms with Crippen molar-refractivity contribution in [1.82, 2.24) is 31.5 Å². The molecule has 0 spiro atoms. The second-order valence-corrected chi connectivity index (χ2v) is 14.1. The van der Waals surface area contributed by atoms with Crippen LogP contribution in [-0.2, 0) is 28.8 Å². The van der Waals surface area contributed by atoms with Crippen LogP contribution in [0.15, 0.2) is 0 Å². The van der Waals surface area contributed by atoms with Crippen LogP contribution in [0, 0.1) is 10.8 Å². The van der Waals surface area contributed by atoms with Crippen LogP contribution in [0.25, 0.3) is 0 Å². The van der Waals surface area contributed by atoms with Crippen molar-refractivity contribution in [3.63, 3.8) is 0 Å². The maximum atomic E-state index is 13.6. The van der Waals surface area contributed by atoms with E-state index in [4.69, 9.17) is 0 Å². The predicted octanol–water partition coefficient (Wildman–Crippen LogP) is 1.35. The Labute approximate surface area is 271 Å². The van der Waals surface area contributed by atoms with Crippen LogP contribution in [0.2, 0.25) is 0 Å².